The Morgan fingerprint density at radius 3 is 2.27 bits per heavy atom. The largest absolute Gasteiger partial charge is 0.426 e. The molecule has 0 bridgehead atoms. The highest BCUT2D eigenvalue weighted by Crippen LogP contribution is 2.33. The van der Waals surface area contributed by atoms with Gasteiger partial charge in [-0.3, -0.25) is 4.79 Å². The van der Waals surface area contributed by atoms with Gasteiger partial charge in [-0.1, -0.05) is 59.6 Å². The van der Waals surface area contributed by atoms with Crippen LogP contribution in [0.15, 0.2) is 66.7 Å². The number of para-hydroxylation sites is 2. The van der Waals surface area contributed by atoms with Crippen LogP contribution in [0.2, 0.25) is 10.0 Å². The Bertz CT molecular complexity index is 1080. The first-order valence-corrected chi connectivity index (χ1v) is 11.8. The summed E-state index contributed by atoms with van der Waals surface area (Å²) in [6.07, 6.45) is 0.104. The van der Waals surface area contributed by atoms with E-state index in [-0.39, 0.29) is 17.1 Å². The zero-order chi connectivity index (χ0) is 24.0. The van der Waals surface area contributed by atoms with E-state index in [9.17, 15) is 4.79 Å². The molecule has 174 valence electrons. The average molecular weight is 503 g/mol. The maximum absolute atomic E-state index is 12.6. The van der Waals surface area contributed by atoms with E-state index in [1.54, 1.807) is 18.2 Å². The average Bonchev–Trinajstić information content (AvgIpc) is 2.72. The number of esters is 1. The first-order chi connectivity index (χ1) is 15.6. The Morgan fingerprint density at radius 1 is 1.00 bits per heavy atom. The summed E-state index contributed by atoms with van der Waals surface area (Å²) in [4.78, 5) is 14.8. The predicted octanol–water partition coefficient (Wildman–Crippen LogP) is 7.03. The van der Waals surface area contributed by atoms with Crippen LogP contribution in [0.3, 0.4) is 0 Å². The number of nitrogens with one attached hydrogen (secondary N) is 1. The van der Waals surface area contributed by atoms with Crippen LogP contribution in [-0.2, 0) is 17.8 Å². The zero-order valence-electron chi connectivity index (χ0n) is 18.9. The molecule has 0 spiro atoms. The van der Waals surface area contributed by atoms with Crippen LogP contribution >= 0.6 is 35.8 Å². The molecule has 0 unspecified atom stereocenters. The van der Waals surface area contributed by atoms with Gasteiger partial charge in [0.1, 0.15) is 5.75 Å². The number of rotatable bonds is 9. The molecule has 0 aliphatic heterocycles. The summed E-state index contributed by atoms with van der Waals surface area (Å²) in [5.41, 5.74) is 3.27. The van der Waals surface area contributed by atoms with Crippen LogP contribution in [0.5, 0.6) is 5.75 Å². The molecule has 0 saturated heterocycles. The number of benzene rings is 3. The SMILES string of the molecule is CN(Cc1ccc(OC(=O)Cc2ccccc2Nc2c(Cl)cccc2Cl)cc1)CC(C)(C)S. The lowest BCUT2D eigenvalue weighted by molar-refractivity contribution is -0.133. The van der Waals surface area contributed by atoms with Crippen molar-refractivity contribution in [3.8, 4) is 5.75 Å². The molecule has 3 aromatic carbocycles. The van der Waals surface area contributed by atoms with Gasteiger partial charge in [-0.2, -0.15) is 12.6 Å². The summed E-state index contributed by atoms with van der Waals surface area (Å²) in [5.74, 6) is 0.164. The summed E-state index contributed by atoms with van der Waals surface area (Å²) >= 11 is 17.1. The van der Waals surface area contributed by atoms with Crippen molar-refractivity contribution < 1.29 is 9.53 Å². The molecule has 0 radical (unpaired) electrons. The van der Waals surface area contributed by atoms with Crippen molar-refractivity contribution in [2.24, 2.45) is 0 Å². The number of hydrogen-bond donors (Lipinski definition) is 2. The van der Waals surface area contributed by atoms with Gasteiger partial charge < -0.3 is 15.0 Å². The molecule has 3 rings (SSSR count). The predicted molar refractivity (Wildman–Crippen MR) is 141 cm³/mol. The van der Waals surface area contributed by atoms with E-state index < -0.39 is 0 Å². The van der Waals surface area contributed by atoms with Crippen LogP contribution in [0.25, 0.3) is 0 Å². The van der Waals surface area contributed by atoms with E-state index in [2.05, 4.69) is 43.7 Å². The molecule has 0 fully saturated rings. The van der Waals surface area contributed by atoms with Gasteiger partial charge in [-0.05, 0) is 62.4 Å². The fourth-order valence-electron chi connectivity index (χ4n) is 3.56. The van der Waals surface area contributed by atoms with E-state index in [4.69, 9.17) is 27.9 Å². The molecule has 0 atom stereocenters. The highest BCUT2D eigenvalue weighted by atomic mass is 35.5. The number of thiol groups is 1. The Balaban J connectivity index is 1.62. The van der Waals surface area contributed by atoms with Gasteiger partial charge >= 0.3 is 5.97 Å². The lowest BCUT2D eigenvalue weighted by atomic mass is 10.1. The lowest BCUT2D eigenvalue weighted by Gasteiger charge is -2.25. The van der Waals surface area contributed by atoms with Crippen LogP contribution in [0.4, 0.5) is 11.4 Å². The van der Waals surface area contributed by atoms with Gasteiger partial charge in [-0.15, -0.1) is 0 Å². The Hall–Kier alpha value is -2.18. The van der Waals surface area contributed by atoms with Crippen LogP contribution in [-0.4, -0.2) is 29.2 Å². The van der Waals surface area contributed by atoms with Crippen LogP contribution < -0.4 is 10.1 Å². The van der Waals surface area contributed by atoms with Gasteiger partial charge in [0.15, 0.2) is 0 Å². The third-order valence-corrected chi connectivity index (χ3v) is 5.61. The molecule has 1 N–H and O–H groups in total. The van der Waals surface area contributed by atoms with Crippen molar-refractivity contribution in [3.05, 3.63) is 87.9 Å². The number of anilines is 2. The van der Waals surface area contributed by atoms with Gasteiger partial charge in [0.2, 0.25) is 0 Å². The lowest BCUT2D eigenvalue weighted by Crippen LogP contribution is -2.31. The van der Waals surface area contributed by atoms with Gasteiger partial charge in [0, 0.05) is 23.5 Å². The molecule has 0 aliphatic rings. The highest BCUT2D eigenvalue weighted by molar-refractivity contribution is 7.81. The summed E-state index contributed by atoms with van der Waals surface area (Å²) < 4.78 is 5.50. The number of nitrogens with zero attached hydrogens (tertiary/aromatic N) is 1. The fourth-order valence-corrected chi connectivity index (χ4v) is 4.30. The summed E-state index contributed by atoms with van der Waals surface area (Å²) in [6, 6.07) is 20.4. The zero-order valence-corrected chi connectivity index (χ0v) is 21.3. The third kappa shape index (κ3) is 7.97. The minimum absolute atomic E-state index is 0.0629. The number of halogens is 2. The minimum Gasteiger partial charge on any atom is -0.426 e. The smallest absolute Gasteiger partial charge is 0.315 e. The molecule has 0 aromatic heterocycles. The topological polar surface area (TPSA) is 41.6 Å². The molecule has 0 amide bonds. The Kier molecular flexibility index (Phi) is 8.71. The maximum Gasteiger partial charge on any atom is 0.315 e. The second-order valence-electron chi connectivity index (χ2n) is 8.66. The minimum atomic E-state index is -0.351. The van der Waals surface area contributed by atoms with Gasteiger partial charge in [0.05, 0.1) is 22.2 Å². The molecule has 3 aromatic rings. The van der Waals surface area contributed by atoms with Crippen molar-refractivity contribution in [3.63, 3.8) is 0 Å². The molecule has 0 heterocycles. The number of carbonyl (C=O) groups is 1. The molecule has 33 heavy (non-hydrogen) atoms. The van der Waals surface area contributed by atoms with E-state index >= 15 is 0 Å². The molecule has 0 aliphatic carbocycles. The van der Waals surface area contributed by atoms with E-state index in [0.717, 1.165) is 29.9 Å². The molecule has 4 nitrogen and oxygen atoms in total. The number of carbonyl (C=O) groups excluding carboxylic acids is 1. The monoisotopic (exact) mass is 502 g/mol. The van der Waals surface area contributed by atoms with Gasteiger partial charge in [0.25, 0.3) is 0 Å². The van der Waals surface area contributed by atoms with Crippen molar-refractivity contribution in [1.29, 1.82) is 0 Å². The second kappa shape index (κ2) is 11.3. The first-order valence-electron chi connectivity index (χ1n) is 10.6. The summed E-state index contributed by atoms with van der Waals surface area (Å²) in [6.45, 7) is 5.83. The normalized spacial score (nSPS) is 11.5. The van der Waals surface area contributed by atoms with Crippen molar-refractivity contribution in [1.82, 2.24) is 4.90 Å². The Labute approximate surface area is 211 Å². The van der Waals surface area contributed by atoms with E-state index in [1.165, 1.54) is 0 Å². The molecule has 7 heteroatoms. The maximum atomic E-state index is 12.6. The van der Waals surface area contributed by atoms with Crippen LogP contribution in [0.1, 0.15) is 25.0 Å². The van der Waals surface area contributed by atoms with Crippen molar-refractivity contribution >= 4 is 53.2 Å². The Morgan fingerprint density at radius 2 is 1.64 bits per heavy atom. The third-order valence-electron chi connectivity index (χ3n) is 4.84. The summed E-state index contributed by atoms with van der Waals surface area (Å²) in [5, 5.41) is 4.24. The number of ether oxygens (including phenoxy) is 1. The number of hydrogen-bond acceptors (Lipinski definition) is 5. The van der Waals surface area contributed by atoms with Gasteiger partial charge in [-0.25, -0.2) is 0 Å². The standard InChI is InChI=1S/C26H28Cl2N2O2S/c1-26(2,33)17-30(3)16-18-11-13-20(14-12-18)32-24(31)15-19-7-4-5-10-23(19)29-25-21(27)8-6-9-22(25)28/h4-14,29,33H,15-17H2,1-3H3. The van der Waals surface area contributed by atoms with Crippen molar-refractivity contribution in [2.45, 2.75) is 31.6 Å². The highest BCUT2D eigenvalue weighted by Gasteiger charge is 2.15. The summed E-state index contributed by atoms with van der Waals surface area (Å²) in [7, 11) is 2.06. The first kappa shape index (κ1) is 25.4. The van der Waals surface area contributed by atoms with Crippen LogP contribution in [0, 0.1) is 0 Å². The molecular formula is C26H28Cl2N2O2S. The fraction of sp³-hybridized carbons (Fsp3) is 0.269. The van der Waals surface area contributed by atoms with Crippen molar-refractivity contribution in [2.75, 3.05) is 18.9 Å². The second-order valence-corrected chi connectivity index (χ2v) is 10.7. The quantitative estimate of drug-likeness (QED) is 0.187. The van der Waals surface area contributed by atoms with E-state index in [0.29, 0.717) is 21.5 Å². The van der Waals surface area contributed by atoms with E-state index in [1.807, 2.05) is 48.5 Å². The molecule has 0 saturated carbocycles. The molecular weight excluding hydrogens is 475 g/mol.